The molecule has 1 atom stereocenters. The molecule has 1 aliphatic rings. The summed E-state index contributed by atoms with van der Waals surface area (Å²) in [5.74, 6) is 0. The smallest absolute Gasteiger partial charge is 0.412 e. The Kier molecular flexibility index (Phi) is 8.27. The SMILES string of the molecule is CC(C)(C)OC(=O)Nc1cc(C#N)cc(N2CCOC(CO[Si](C)(C)C(C)(C)C)C2)c1Cl. The highest BCUT2D eigenvalue weighted by atomic mass is 35.5. The minimum absolute atomic E-state index is 0.109. The van der Waals surface area contributed by atoms with Gasteiger partial charge in [-0.15, -0.1) is 0 Å². The van der Waals surface area contributed by atoms with Gasteiger partial charge in [0.2, 0.25) is 0 Å². The summed E-state index contributed by atoms with van der Waals surface area (Å²) in [5, 5.41) is 12.7. The van der Waals surface area contributed by atoms with Gasteiger partial charge >= 0.3 is 6.09 Å². The molecule has 1 unspecified atom stereocenters. The molecule has 1 aliphatic heterocycles. The van der Waals surface area contributed by atoms with Crippen LogP contribution in [-0.2, 0) is 13.9 Å². The summed E-state index contributed by atoms with van der Waals surface area (Å²) in [5.41, 5.74) is 0.775. The zero-order chi connectivity index (χ0) is 24.3. The maximum atomic E-state index is 12.3. The van der Waals surface area contributed by atoms with Gasteiger partial charge in [0, 0.05) is 13.1 Å². The summed E-state index contributed by atoms with van der Waals surface area (Å²) in [7, 11) is -1.89. The van der Waals surface area contributed by atoms with Crippen molar-refractivity contribution in [3.63, 3.8) is 0 Å². The third-order valence-electron chi connectivity index (χ3n) is 5.73. The second-order valence-electron chi connectivity index (χ2n) is 10.6. The van der Waals surface area contributed by atoms with Gasteiger partial charge in [0.05, 0.1) is 47.3 Å². The Labute approximate surface area is 198 Å². The number of nitrogens with one attached hydrogen (secondary N) is 1. The first-order valence-electron chi connectivity index (χ1n) is 10.9. The lowest BCUT2D eigenvalue weighted by Gasteiger charge is -2.40. The van der Waals surface area contributed by atoms with Gasteiger partial charge in [0.15, 0.2) is 8.32 Å². The van der Waals surface area contributed by atoms with E-state index < -0.39 is 20.0 Å². The van der Waals surface area contributed by atoms with E-state index in [0.717, 1.165) is 0 Å². The van der Waals surface area contributed by atoms with Gasteiger partial charge in [-0.2, -0.15) is 5.26 Å². The first-order chi connectivity index (χ1) is 14.6. The predicted octanol–water partition coefficient (Wildman–Crippen LogP) is 5.79. The standard InChI is InChI=1S/C23H36ClN3O4Si/c1-22(2,3)31-21(28)26-18-11-16(13-25)12-19(20(18)24)27-9-10-29-17(14-27)15-30-32(7,8)23(4,5)6/h11-12,17H,9-10,14-15H2,1-8H3,(H,26,28). The molecule has 2 rings (SSSR count). The Bertz CT molecular complexity index is 872. The van der Waals surface area contributed by atoms with E-state index in [9.17, 15) is 10.1 Å². The van der Waals surface area contributed by atoms with Crippen molar-refractivity contribution in [3.05, 3.63) is 22.7 Å². The third-order valence-corrected chi connectivity index (χ3v) is 10.6. The highest BCUT2D eigenvalue weighted by Crippen LogP contribution is 2.38. The van der Waals surface area contributed by atoms with E-state index in [0.29, 0.717) is 48.3 Å². The normalized spacial score (nSPS) is 17.6. The molecule has 32 heavy (non-hydrogen) atoms. The fraction of sp³-hybridized carbons (Fsp3) is 0.652. The van der Waals surface area contributed by atoms with Crippen LogP contribution in [0.4, 0.5) is 16.2 Å². The molecule has 1 aromatic carbocycles. The monoisotopic (exact) mass is 481 g/mol. The molecule has 1 aromatic rings. The molecule has 1 saturated heterocycles. The van der Waals surface area contributed by atoms with Crippen molar-refractivity contribution < 1.29 is 18.7 Å². The third kappa shape index (κ3) is 7.11. The second kappa shape index (κ2) is 10.00. The van der Waals surface area contributed by atoms with E-state index in [-0.39, 0.29) is 11.1 Å². The van der Waals surface area contributed by atoms with E-state index in [4.69, 9.17) is 25.5 Å². The van der Waals surface area contributed by atoms with Gasteiger partial charge in [-0.25, -0.2) is 4.79 Å². The largest absolute Gasteiger partial charge is 0.444 e. The number of hydrogen-bond donors (Lipinski definition) is 1. The van der Waals surface area contributed by atoms with Crippen molar-refractivity contribution in [2.75, 3.05) is 36.5 Å². The average molecular weight is 482 g/mol. The van der Waals surface area contributed by atoms with E-state index in [1.807, 2.05) is 0 Å². The molecule has 9 heteroatoms. The molecule has 0 saturated carbocycles. The highest BCUT2D eigenvalue weighted by Gasteiger charge is 2.38. The van der Waals surface area contributed by atoms with E-state index in [1.165, 1.54) is 0 Å². The number of rotatable bonds is 5. The van der Waals surface area contributed by atoms with Crippen LogP contribution in [0.15, 0.2) is 12.1 Å². The molecule has 7 nitrogen and oxygen atoms in total. The zero-order valence-electron chi connectivity index (χ0n) is 20.5. The van der Waals surface area contributed by atoms with Gasteiger partial charge in [-0.05, 0) is 51.0 Å². The Hall–Kier alpha value is -1.79. The lowest BCUT2D eigenvalue weighted by Crippen LogP contribution is -2.48. The van der Waals surface area contributed by atoms with Crippen molar-refractivity contribution in [1.29, 1.82) is 5.26 Å². The predicted molar refractivity (Wildman–Crippen MR) is 131 cm³/mol. The second-order valence-corrected chi connectivity index (χ2v) is 15.8. The highest BCUT2D eigenvalue weighted by molar-refractivity contribution is 6.74. The zero-order valence-corrected chi connectivity index (χ0v) is 22.2. The van der Waals surface area contributed by atoms with Crippen molar-refractivity contribution >= 4 is 37.4 Å². The van der Waals surface area contributed by atoms with Crippen molar-refractivity contribution in [2.45, 2.75) is 71.4 Å². The van der Waals surface area contributed by atoms with Crippen LogP contribution in [0, 0.1) is 11.3 Å². The van der Waals surface area contributed by atoms with Crippen molar-refractivity contribution in [1.82, 2.24) is 0 Å². The molecule has 0 aromatic heterocycles. The molecule has 1 heterocycles. The molecule has 0 bridgehead atoms. The van der Waals surface area contributed by atoms with Crippen LogP contribution < -0.4 is 10.2 Å². The van der Waals surface area contributed by atoms with Crippen LogP contribution in [0.3, 0.4) is 0 Å². The lowest BCUT2D eigenvalue weighted by atomic mass is 10.1. The fourth-order valence-corrected chi connectivity index (χ4v) is 4.28. The lowest BCUT2D eigenvalue weighted by molar-refractivity contribution is 0.00688. The molecule has 0 spiro atoms. The van der Waals surface area contributed by atoms with Gasteiger partial charge < -0.3 is 18.8 Å². The van der Waals surface area contributed by atoms with Crippen LogP contribution >= 0.6 is 11.6 Å². The molecule has 178 valence electrons. The molecule has 1 N–H and O–H groups in total. The molecule has 0 radical (unpaired) electrons. The number of anilines is 2. The van der Waals surface area contributed by atoms with Crippen LogP contribution in [0.2, 0.25) is 23.2 Å². The first-order valence-corrected chi connectivity index (χ1v) is 14.2. The maximum Gasteiger partial charge on any atom is 0.412 e. The number of carbonyl (C=O) groups is 1. The van der Waals surface area contributed by atoms with Crippen LogP contribution in [0.1, 0.15) is 47.1 Å². The Balaban J connectivity index is 2.19. The Morgan fingerprint density at radius 2 is 1.97 bits per heavy atom. The van der Waals surface area contributed by atoms with Crippen LogP contribution in [0.5, 0.6) is 0 Å². The number of morpholine rings is 1. The van der Waals surface area contributed by atoms with E-state index in [2.05, 4.69) is 50.2 Å². The number of hydrogen-bond acceptors (Lipinski definition) is 6. The van der Waals surface area contributed by atoms with Gasteiger partial charge in [0.25, 0.3) is 0 Å². The maximum absolute atomic E-state index is 12.3. The number of nitriles is 1. The molecule has 1 amide bonds. The van der Waals surface area contributed by atoms with Gasteiger partial charge in [0.1, 0.15) is 5.60 Å². The molecule has 1 fully saturated rings. The van der Waals surface area contributed by atoms with Gasteiger partial charge in [-0.3, -0.25) is 5.32 Å². The quantitative estimate of drug-likeness (QED) is 0.536. The van der Waals surface area contributed by atoms with E-state index >= 15 is 0 Å². The number of carbonyl (C=O) groups excluding carboxylic acids is 1. The summed E-state index contributed by atoms with van der Waals surface area (Å²) < 4.78 is 17.6. The summed E-state index contributed by atoms with van der Waals surface area (Å²) in [6.07, 6.45) is -0.731. The minimum Gasteiger partial charge on any atom is -0.444 e. The topological polar surface area (TPSA) is 83.8 Å². The number of benzene rings is 1. The summed E-state index contributed by atoms with van der Waals surface area (Å²) in [6.45, 7) is 18.6. The molecular formula is C23H36ClN3O4Si. The van der Waals surface area contributed by atoms with Gasteiger partial charge in [-0.1, -0.05) is 32.4 Å². The van der Waals surface area contributed by atoms with E-state index in [1.54, 1.807) is 32.9 Å². The Morgan fingerprint density at radius 3 is 2.53 bits per heavy atom. The summed E-state index contributed by atoms with van der Waals surface area (Å²) in [4.78, 5) is 14.3. The summed E-state index contributed by atoms with van der Waals surface area (Å²) >= 11 is 6.66. The van der Waals surface area contributed by atoms with Crippen LogP contribution in [-0.4, -0.2) is 52.4 Å². The fourth-order valence-electron chi connectivity index (χ4n) is 2.97. The first kappa shape index (κ1) is 26.5. The molecular weight excluding hydrogens is 446 g/mol. The number of ether oxygens (including phenoxy) is 2. The van der Waals surface area contributed by atoms with Crippen LogP contribution in [0.25, 0.3) is 0 Å². The van der Waals surface area contributed by atoms with Crippen molar-refractivity contribution in [3.8, 4) is 6.07 Å². The summed E-state index contributed by atoms with van der Waals surface area (Å²) in [6, 6.07) is 5.43. The number of amides is 1. The Morgan fingerprint density at radius 1 is 1.31 bits per heavy atom. The number of nitrogens with zero attached hydrogens (tertiary/aromatic N) is 2. The minimum atomic E-state index is -1.89. The van der Waals surface area contributed by atoms with Crippen molar-refractivity contribution in [2.24, 2.45) is 0 Å². The average Bonchev–Trinajstić information content (AvgIpc) is 2.66. The number of halogens is 1. The molecule has 0 aliphatic carbocycles.